The van der Waals surface area contributed by atoms with E-state index in [9.17, 15) is 13.2 Å². The minimum Gasteiger partial charge on any atom is -0.431 e. The zero-order valence-corrected chi connectivity index (χ0v) is 9.66. The van der Waals surface area contributed by atoms with Gasteiger partial charge in [-0.25, -0.2) is 8.42 Å². The summed E-state index contributed by atoms with van der Waals surface area (Å²) in [5.74, 6) is -1.04. The Kier molecular flexibility index (Phi) is 3.84. The van der Waals surface area contributed by atoms with Crippen LogP contribution in [0.1, 0.15) is 6.92 Å². The highest BCUT2D eigenvalue weighted by molar-refractivity contribution is 7.91. The van der Waals surface area contributed by atoms with E-state index in [2.05, 4.69) is 11.3 Å². The molecule has 0 bridgehead atoms. The van der Waals surface area contributed by atoms with Crippen molar-refractivity contribution in [3.05, 3.63) is 42.7 Å². The van der Waals surface area contributed by atoms with Crippen molar-refractivity contribution in [3.8, 4) is 0 Å². The molecule has 0 saturated carbocycles. The molecule has 4 nitrogen and oxygen atoms in total. The van der Waals surface area contributed by atoms with Crippen LogP contribution in [-0.4, -0.2) is 20.1 Å². The smallest absolute Gasteiger partial charge is 0.307 e. The lowest BCUT2D eigenvalue weighted by molar-refractivity contribution is -0.136. The number of carbonyl (C=O) groups excluding carboxylic acids is 1. The molecule has 86 valence electrons. The average Bonchev–Trinajstić information content (AvgIpc) is 2.16. The number of carbonyl (C=O) groups is 1. The molecule has 0 aliphatic heterocycles. The number of hydrogen-bond donors (Lipinski definition) is 0. The van der Waals surface area contributed by atoms with Crippen LogP contribution in [-0.2, 0) is 19.4 Å². The number of hydrogen-bond acceptors (Lipinski definition) is 4. The summed E-state index contributed by atoms with van der Waals surface area (Å²) in [6.45, 7) is 4.58. The molecule has 0 radical (unpaired) electrons. The summed E-state index contributed by atoms with van der Waals surface area (Å²) < 4.78 is 28.1. The van der Waals surface area contributed by atoms with Crippen molar-refractivity contribution < 1.29 is 17.9 Å². The fourth-order valence-electron chi connectivity index (χ4n) is 1.16. The van der Waals surface area contributed by atoms with Crippen LogP contribution in [0, 0.1) is 0 Å². The zero-order chi connectivity index (χ0) is 12.2. The van der Waals surface area contributed by atoms with Gasteiger partial charge in [0.25, 0.3) is 0 Å². The molecule has 0 N–H and O–H groups in total. The molecule has 0 aliphatic carbocycles. The van der Waals surface area contributed by atoms with Crippen molar-refractivity contribution in [3.63, 3.8) is 0 Å². The highest BCUT2D eigenvalue weighted by atomic mass is 32.2. The van der Waals surface area contributed by atoms with Crippen LogP contribution >= 0.6 is 0 Å². The zero-order valence-electron chi connectivity index (χ0n) is 8.84. The fourth-order valence-corrected chi connectivity index (χ4v) is 2.38. The number of rotatable bonds is 4. The van der Waals surface area contributed by atoms with Gasteiger partial charge in [0, 0.05) is 6.92 Å². The molecule has 16 heavy (non-hydrogen) atoms. The largest absolute Gasteiger partial charge is 0.431 e. The van der Waals surface area contributed by atoms with E-state index in [1.165, 1.54) is 19.1 Å². The molecule has 0 fully saturated rings. The number of ether oxygens (including phenoxy) is 1. The Hall–Kier alpha value is -1.62. The average molecular weight is 240 g/mol. The number of benzene rings is 1. The minimum absolute atomic E-state index is 0.0728. The molecular formula is C11H12O4S. The number of sulfone groups is 1. The molecule has 0 aliphatic rings. The van der Waals surface area contributed by atoms with Gasteiger partial charge in [-0.15, -0.1) is 0 Å². The minimum atomic E-state index is -3.48. The molecule has 0 atom stereocenters. The maximum atomic E-state index is 11.8. The molecule has 1 rings (SSSR count). The molecule has 0 spiro atoms. The fraction of sp³-hybridized carbons (Fsp3) is 0.182. The third-order valence-electron chi connectivity index (χ3n) is 1.74. The Labute approximate surface area is 94.5 Å². The summed E-state index contributed by atoms with van der Waals surface area (Å²) >= 11 is 0. The lowest BCUT2D eigenvalue weighted by atomic mass is 10.4. The van der Waals surface area contributed by atoms with Gasteiger partial charge in [0.05, 0.1) is 4.90 Å². The molecule has 1 aromatic rings. The van der Waals surface area contributed by atoms with Crippen LogP contribution in [0.4, 0.5) is 0 Å². The van der Waals surface area contributed by atoms with E-state index in [0.717, 1.165) is 0 Å². The summed E-state index contributed by atoms with van der Waals surface area (Å²) in [7, 11) is -3.48. The predicted molar refractivity (Wildman–Crippen MR) is 59.4 cm³/mol. The summed E-state index contributed by atoms with van der Waals surface area (Å²) in [6.07, 6.45) is 0. The second-order valence-electron chi connectivity index (χ2n) is 3.20. The maximum Gasteiger partial charge on any atom is 0.307 e. The van der Waals surface area contributed by atoms with E-state index >= 15 is 0 Å². The number of esters is 1. The van der Waals surface area contributed by atoms with Crippen LogP contribution in [0.2, 0.25) is 0 Å². The van der Waals surface area contributed by atoms with E-state index in [1.54, 1.807) is 18.2 Å². The topological polar surface area (TPSA) is 60.4 Å². The maximum absolute atomic E-state index is 11.8. The quantitative estimate of drug-likeness (QED) is 0.591. The summed E-state index contributed by atoms with van der Waals surface area (Å²) in [6, 6.07) is 7.94. The normalized spacial score (nSPS) is 10.8. The summed E-state index contributed by atoms with van der Waals surface area (Å²) in [5.41, 5.74) is 0. The van der Waals surface area contributed by atoms with Gasteiger partial charge in [0.2, 0.25) is 0 Å². The van der Waals surface area contributed by atoms with E-state index < -0.39 is 21.6 Å². The van der Waals surface area contributed by atoms with Crippen LogP contribution in [0.25, 0.3) is 0 Å². The van der Waals surface area contributed by atoms with E-state index in [-0.39, 0.29) is 10.7 Å². The van der Waals surface area contributed by atoms with Crippen molar-refractivity contribution in [2.24, 2.45) is 0 Å². The first-order chi connectivity index (χ1) is 7.42. The lowest BCUT2D eigenvalue weighted by Crippen LogP contribution is -2.12. The second-order valence-corrected chi connectivity index (χ2v) is 5.19. The Morgan fingerprint density at radius 2 is 1.88 bits per heavy atom. The second kappa shape index (κ2) is 4.94. The van der Waals surface area contributed by atoms with Gasteiger partial charge in [-0.1, -0.05) is 24.8 Å². The predicted octanol–water partition coefficient (Wildman–Crippen LogP) is 1.54. The molecule has 0 saturated heterocycles. The monoisotopic (exact) mass is 240 g/mol. The van der Waals surface area contributed by atoms with E-state index in [0.29, 0.717) is 0 Å². The van der Waals surface area contributed by atoms with Gasteiger partial charge in [-0.2, -0.15) is 0 Å². The molecule has 0 unspecified atom stereocenters. The van der Waals surface area contributed by atoms with Gasteiger partial charge in [-0.3, -0.25) is 4.79 Å². The SMILES string of the molecule is C=C(CS(=O)(=O)c1ccccc1)OC(C)=O. The Morgan fingerprint density at radius 1 is 1.31 bits per heavy atom. The highest BCUT2D eigenvalue weighted by Crippen LogP contribution is 2.13. The first kappa shape index (κ1) is 12.4. The third kappa shape index (κ3) is 3.51. The van der Waals surface area contributed by atoms with Crippen molar-refractivity contribution in [1.29, 1.82) is 0 Å². The van der Waals surface area contributed by atoms with E-state index in [4.69, 9.17) is 0 Å². The standard InChI is InChI=1S/C11H12O4S/c1-9(15-10(2)12)8-16(13,14)11-6-4-3-5-7-11/h3-7H,1,8H2,2H3. The van der Waals surface area contributed by atoms with Crippen molar-refractivity contribution in [2.45, 2.75) is 11.8 Å². The highest BCUT2D eigenvalue weighted by Gasteiger charge is 2.16. The van der Waals surface area contributed by atoms with E-state index in [1.807, 2.05) is 0 Å². The molecule has 0 heterocycles. The molecular weight excluding hydrogens is 228 g/mol. The van der Waals surface area contributed by atoms with Gasteiger partial charge < -0.3 is 4.74 Å². The summed E-state index contributed by atoms with van der Waals surface area (Å²) in [4.78, 5) is 10.8. The first-order valence-electron chi connectivity index (χ1n) is 4.56. The van der Waals surface area contributed by atoms with Crippen LogP contribution in [0.15, 0.2) is 47.6 Å². The lowest BCUT2D eigenvalue weighted by Gasteiger charge is -2.06. The van der Waals surface area contributed by atoms with Gasteiger partial charge >= 0.3 is 5.97 Å². The third-order valence-corrected chi connectivity index (χ3v) is 3.43. The van der Waals surface area contributed by atoms with Gasteiger partial charge in [-0.05, 0) is 12.1 Å². The summed E-state index contributed by atoms with van der Waals surface area (Å²) in [5, 5.41) is 0. The Morgan fingerprint density at radius 3 is 2.38 bits per heavy atom. The molecule has 1 aromatic carbocycles. The molecule has 0 aromatic heterocycles. The van der Waals surface area contributed by atoms with Crippen molar-refractivity contribution in [1.82, 2.24) is 0 Å². The Bertz CT molecular complexity index is 488. The first-order valence-corrected chi connectivity index (χ1v) is 6.21. The molecule has 0 amide bonds. The van der Waals surface area contributed by atoms with Gasteiger partial charge in [0.15, 0.2) is 9.84 Å². The van der Waals surface area contributed by atoms with Crippen molar-refractivity contribution >= 4 is 15.8 Å². The van der Waals surface area contributed by atoms with Gasteiger partial charge in [0.1, 0.15) is 11.5 Å². The van der Waals surface area contributed by atoms with Crippen LogP contribution < -0.4 is 0 Å². The molecule has 5 heteroatoms. The van der Waals surface area contributed by atoms with Crippen LogP contribution in [0.5, 0.6) is 0 Å². The van der Waals surface area contributed by atoms with Crippen molar-refractivity contribution in [2.75, 3.05) is 5.75 Å². The Balaban J connectivity index is 2.81. The van der Waals surface area contributed by atoms with Crippen LogP contribution in [0.3, 0.4) is 0 Å².